The highest BCUT2D eigenvalue weighted by molar-refractivity contribution is 5.95. The number of hydrogen-bond acceptors (Lipinski definition) is 5. The monoisotopic (exact) mass is 360 g/mol. The number of nitrogens with two attached hydrogens (primary N) is 1. The van der Waals surface area contributed by atoms with Crippen molar-refractivity contribution >= 4 is 12.0 Å². The fourth-order valence-corrected chi connectivity index (χ4v) is 3.08. The molecular formula is C17H24N6O3. The Morgan fingerprint density at radius 3 is 2.85 bits per heavy atom. The van der Waals surface area contributed by atoms with Gasteiger partial charge in [0, 0.05) is 29.9 Å². The molecule has 0 fully saturated rings. The van der Waals surface area contributed by atoms with Gasteiger partial charge in [0.15, 0.2) is 0 Å². The molecule has 0 aliphatic heterocycles. The molecule has 4 N–H and O–H groups in total. The molecule has 0 radical (unpaired) electrons. The minimum absolute atomic E-state index is 0.411. The molecule has 2 amide bonds. The average Bonchev–Trinajstić information content (AvgIpc) is 3.12. The fourth-order valence-electron chi connectivity index (χ4n) is 3.08. The van der Waals surface area contributed by atoms with Gasteiger partial charge in [0.1, 0.15) is 11.3 Å². The largest absolute Gasteiger partial charge is 0.444 e. The number of alkyl carbamates (subject to hydrolysis) is 1. The van der Waals surface area contributed by atoms with Crippen LogP contribution in [-0.2, 0) is 24.1 Å². The zero-order valence-electron chi connectivity index (χ0n) is 15.3. The Kier molecular flexibility index (Phi) is 4.71. The molecule has 26 heavy (non-hydrogen) atoms. The first kappa shape index (κ1) is 18.0. The molecular weight excluding hydrogens is 336 g/mol. The van der Waals surface area contributed by atoms with Crippen LogP contribution in [-0.4, -0.2) is 44.1 Å². The number of rotatable bonds is 5. The van der Waals surface area contributed by atoms with Gasteiger partial charge in [-0.05, 0) is 40.0 Å². The molecule has 0 spiro atoms. The minimum atomic E-state index is -0.535. The maximum atomic E-state index is 12.0. The number of nitrogens with one attached hydrogen (secondary N) is 2. The van der Waals surface area contributed by atoms with Crippen LogP contribution in [0.25, 0.3) is 11.3 Å². The number of primary amides is 1. The zero-order valence-corrected chi connectivity index (χ0v) is 15.3. The number of aromatic amines is 1. The van der Waals surface area contributed by atoms with E-state index in [4.69, 9.17) is 10.5 Å². The third-order valence-electron chi connectivity index (χ3n) is 4.10. The molecule has 1 aliphatic rings. The average molecular weight is 360 g/mol. The van der Waals surface area contributed by atoms with Crippen molar-refractivity contribution in [3.63, 3.8) is 0 Å². The second-order valence-corrected chi connectivity index (χ2v) is 7.31. The summed E-state index contributed by atoms with van der Waals surface area (Å²) >= 11 is 0. The molecule has 0 bridgehead atoms. The van der Waals surface area contributed by atoms with E-state index in [0.29, 0.717) is 31.6 Å². The van der Waals surface area contributed by atoms with Gasteiger partial charge in [-0.1, -0.05) is 0 Å². The summed E-state index contributed by atoms with van der Waals surface area (Å²) in [5.41, 5.74) is 9.05. The van der Waals surface area contributed by atoms with Crippen molar-refractivity contribution in [2.75, 3.05) is 6.54 Å². The van der Waals surface area contributed by atoms with Crippen molar-refractivity contribution in [2.45, 2.75) is 52.2 Å². The number of aryl methyl sites for hydroxylation is 2. The van der Waals surface area contributed by atoms with Gasteiger partial charge in [0.2, 0.25) is 0 Å². The molecule has 0 saturated carbocycles. The van der Waals surface area contributed by atoms with Crippen molar-refractivity contribution < 1.29 is 14.3 Å². The molecule has 0 atom stereocenters. The third-order valence-corrected chi connectivity index (χ3v) is 4.10. The Balaban J connectivity index is 1.68. The van der Waals surface area contributed by atoms with Crippen LogP contribution in [0.3, 0.4) is 0 Å². The Hall–Kier alpha value is -2.84. The Bertz CT molecular complexity index is 830. The number of H-pyrrole nitrogens is 1. The number of carbonyl (C=O) groups is 2. The van der Waals surface area contributed by atoms with Crippen LogP contribution in [0.4, 0.5) is 4.79 Å². The van der Waals surface area contributed by atoms with Crippen molar-refractivity contribution in [3.8, 4) is 11.3 Å². The lowest BCUT2D eigenvalue weighted by molar-refractivity contribution is 0.0526. The molecule has 140 valence electrons. The van der Waals surface area contributed by atoms with Crippen LogP contribution in [0.15, 0.2) is 6.20 Å². The quantitative estimate of drug-likeness (QED) is 0.694. The van der Waals surface area contributed by atoms with Crippen molar-refractivity contribution in [2.24, 2.45) is 5.73 Å². The summed E-state index contributed by atoms with van der Waals surface area (Å²) in [7, 11) is 0. The topological polar surface area (TPSA) is 128 Å². The Morgan fingerprint density at radius 1 is 1.38 bits per heavy atom. The maximum Gasteiger partial charge on any atom is 0.407 e. The summed E-state index contributed by atoms with van der Waals surface area (Å²) in [6.07, 6.45) is 3.32. The van der Waals surface area contributed by atoms with Gasteiger partial charge >= 0.3 is 6.09 Å². The lowest BCUT2D eigenvalue weighted by Crippen LogP contribution is -2.33. The molecule has 1 aliphatic carbocycles. The van der Waals surface area contributed by atoms with E-state index in [0.717, 1.165) is 28.9 Å². The number of aromatic nitrogens is 4. The summed E-state index contributed by atoms with van der Waals surface area (Å²) in [6.45, 7) is 6.31. The van der Waals surface area contributed by atoms with E-state index in [1.165, 1.54) is 0 Å². The van der Waals surface area contributed by atoms with E-state index >= 15 is 0 Å². The fraction of sp³-hybridized carbons (Fsp3) is 0.529. The van der Waals surface area contributed by atoms with E-state index < -0.39 is 17.6 Å². The second-order valence-electron chi connectivity index (χ2n) is 7.31. The van der Waals surface area contributed by atoms with Gasteiger partial charge in [-0.2, -0.15) is 10.2 Å². The highest BCUT2D eigenvalue weighted by Crippen LogP contribution is 2.33. The zero-order chi connectivity index (χ0) is 18.9. The molecule has 2 aromatic rings. The van der Waals surface area contributed by atoms with Crippen LogP contribution in [0.5, 0.6) is 0 Å². The van der Waals surface area contributed by atoms with Gasteiger partial charge in [0.05, 0.1) is 11.9 Å². The van der Waals surface area contributed by atoms with Crippen LogP contribution in [0.2, 0.25) is 0 Å². The van der Waals surface area contributed by atoms with E-state index in [1.807, 2.05) is 20.8 Å². The predicted molar refractivity (Wildman–Crippen MR) is 94.6 cm³/mol. The van der Waals surface area contributed by atoms with Gasteiger partial charge < -0.3 is 15.8 Å². The Labute approximate surface area is 151 Å². The van der Waals surface area contributed by atoms with Crippen LogP contribution < -0.4 is 11.1 Å². The highest BCUT2D eigenvalue weighted by Gasteiger charge is 2.28. The number of carbonyl (C=O) groups excluding carboxylic acids is 2. The van der Waals surface area contributed by atoms with Crippen LogP contribution >= 0.6 is 0 Å². The van der Waals surface area contributed by atoms with Crippen LogP contribution in [0.1, 0.15) is 48.9 Å². The SMILES string of the molecule is CC(C)(C)OC(=O)NCCCn1nc2c(c1C(N)=O)CCc1[nH]ncc1-2. The van der Waals surface area contributed by atoms with E-state index in [-0.39, 0.29) is 0 Å². The van der Waals surface area contributed by atoms with E-state index in [2.05, 4.69) is 20.6 Å². The summed E-state index contributed by atoms with van der Waals surface area (Å²) in [4.78, 5) is 23.6. The Morgan fingerprint density at radius 2 is 2.15 bits per heavy atom. The predicted octanol–water partition coefficient (Wildman–Crippen LogP) is 1.39. The summed E-state index contributed by atoms with van der Waals surface area (Å²) in [5.74, 6) is -0.495. The van der Waals surface area contributed by atoms with Crippen molar-refractivity contribution in [3.05, 3.63) is 23.1 Å². The lowest BCUT2D eigenvalue weighted by atomic mass is 9.94. The van der Waals surface area contributed by atoms with Crippen molar-refractivity contribution in [1.82, 2.24) is 25.3 Å². The standard InChI is InChI=1S/C17H24N6O3/c1-17(2,3)26-16(25)19-7-4-8-23-14(15(18)24)10-5-6-12-11(9-20-21-12)13(10)22-23/h9H,4-8H2,1-3H3,(H2,18,24)(H,19,25)(H,20,21). The first-order chi connectivity index (χ1) is 12.3. The molecule has 9 nitrogen and oxygen atoms in total. The number of fused-ring (bicyclic) bond motifs is 3. The first-order valence-electron chi connectivity index (χ1n) is 8.65. The molecule has 0 aromatic carbocycles. The molecule has 0 saturated heterocycles. The third kappa shape index (κ3) is 3.71. The molecule has 0 unspecified atom stereocenters. The minimum Gasteiger partial charge on any atom is -0.444 e. The normalized spacial score (nSPS) is 13.0. The molecule has 9 heteroatoms. The second kappa shape index (κ2) is 6.81. The van der Waals surface area contributed by atoms with Gasteiger partial charge in [-0.15, -0.1) is 0 Å². The number of nitrogens with zero attached hydrogens (tertiary/aromatic N) is 3. The van der Waals surface area contributed by atoms with E-state index in [1.54, 1.807) is 10.9 Å². The lowest BCUT2D eigenvalue weighted by Gasteiger charge is -2.19. The number of amides is 2. The highest BCUT2D eigenvalue weighted by atomic mass is 16.6. The number of ether oxygens (including phenoxy) is 1. The molecule has 2 aromatic heterocycles. The summed E-state index contributed by atoms with van der Waals surface area (Å²) in [5, 5.41) is 14.3. The van der Waals surface area contributed by atoms with Crippen molar-refractivity contribution in [1.29, 1.82) is 0 Å². The maximum absolute atomic E-state index is 12.0. The van der Waals surface area contributed by atoms with E-state index in [9.17, 15) is 9.59 Å². The van der Waals surface area contributed by atoms with Gasteiger partial charge in [-0.25, -0.2) is 4.79 Å². The smallest absolute Gasteiger partial charge is 0.407 e. The number of hydrogen-bond donors (Lipinski definition) is 3. The van der Waals surface area contributed by atoms with Gasteiger partial charge in [-0.3, -0.25) is 14.6 Å². The van der Waals surface area contributed by atoms with Crippen LogP contribution in [0, 0.1) is 0 Å². The molecule has 2 heterocycles. The van der Waals surface area contributed by atoms with Gasteiger partial charge in [0.25, 0.3) is 5.91 Å². The molecule has 3 rings (SSSR count). The summed E-state index contributed by atoms with van der Waals surface area (Å²) in [6, 6.07) is 0. The summed E-state index contributed by atoms with van der Waals surface area (Å²) < 4.78 is 6.82. The first-order valence-corrected chi connectivity index (χ1v) is 8.65.